The molecule has 6 heteroatoms. The first kappa shape index (κ1) is 9.38. The molecule has 0 aromatic carbocycles. The van der Waals surface area contributed by atoms with Crippen LogP contribution in [0.2, 0.25) is 0 Å². The van der Waals surface area contributed by atoms with Gasteiger partial charge in [-0.1, -0.05) is 0 Å². The van der Waals surface area contributed by atoms with Gasteiger partial charge in [0.25, 0.3) is 0 Å². The van der Waals surface area contributed by atoms with Crippen LogP contribution < -0.4 is 5.73 Å². The first-order chi connectivity index (χ1) is 4.19. The van der Waals surface area contributed by atoms with Crippen LogP contribution in [-0.4, -0.2) is 30.6 Å². The average Bonchev–Trinajstić information content (AvgIpc) is 1.62. The second-order valence-corrected chi connectivity index (χ2v) is 4.58. The summed E-state index contributed by atoms with van der Waals surface area (Å²) in [6.07, 6.45) is 0.779. The van der Waals surface area contributed by atoms with E-state index in [4.69, 9.17) is 10.8 Å². The first-order valence-electron chi connectivity index (χ1n) is 2.41. The van der Waals surface area contributed by atoms with Gasteiger partial charge >= 0.3 is 5.97 Å². The Balaban J connectivity index is 4.95. The molecule has 0 aliphatic carbocycles. The topological polar surface area (TPSA) is 97.5 Å². The molecule has 0 fully saturated rings. The monoisotopic (exact) mass is 167 g/mol. The molecule has 0 aromatic heterocycles. The van der Waals surface area contributed by atoms with E-state index in [-0.39, 0.29) is 0 Å². The zero-order valence-electron chi connectivity index (χ0n) is 5.66. The molecule has 0 spiro atoms. The van der Waals surface area contributed by atoms with E-state index < -0.39 is 20.7 Å². The van der Waals surface area contributed by atoms with Gasteiger partial charge in [0.2, 0.25) is 4.87 Å². The van der Waals surface area contributed by atoms with Crippen LogP contribution in [0.4, 0.5) is 0 Å². The predicted molar refractivity (Wildman–Crippen MR) is 35.1 cm³/mol. The van der Waals surface area contributed by atoms with Crippen LogP contribution in [-0.2, 0) is 14.6 Å². The summed E-state index contributed by atoms with van der Waals surface area (Å²) < 4.78 is 21.2. The molecular weight excluding hydrogens is 158 g/mol. The third-order valence-electron chi connectivity index (χ3n) is 1.19. The van der Waals surface area contributed by atoms with Gasteiger partial charge in [-0.3, -0.25) is 0 Å². The summed E-state index contributed by atoms with van der Waals surface area (Å²) in [5.74, 6) is -1.55. The zero-order chi connectivity index (χ0) is 8.58. The molecule has 0 radical (unpaired) electrons. The largest absolute Gasteiger partial charge is 0.479 e. The fraction of sp³-hybridized carbons (Fsp3) is 0.750. The van der Waals surface area contributed by atoms with Gasteiger partial charge in [0, 0.05) is 6.26 Å². The second-order valence-electron chi connectivity index (χ2n) is 2.18. The fourth-order valence-corrected chi connectivity index (χ4v) is 0.476. The molecule has 0 bridgehead atoms. The fourth-order valence-electron chi connectivity index (χ4n) is 0.159. The molecule has 60 valence electrons. The minimum absolute atomic E-state index is 0.779. The zero-order valence-corrected chi connectivity index (χ0v) is 6.47. The van der Waals surface area contributed by atoms with Crippen LogP contribution in [0, 0.1) is 0 Å². The van der Waals surface area contributed by atoms with Crippen molar-refractivity contribution in [3.05, 3.63) is 0 Å². The van der Waals surface area contributed by atoms with Gasteiger partial charge < -0.3 is 10.8 Å². The standard InChI is InChI=1S/C4H9NO4S/c1-4(5,3(6)7)10(2,8)9/h5H2,1-2H3,(H,6,7)/t4-/m1/s1. The minimum atomic E-state index is -3.72. The lowest BCUT2D eigenvalue weighted by molar-refractivity contribution is -0.139. The SMILES string of the molecule is C[C@](N)(C(=O)O)S(C)(=O)=O. The van der Waals surface area contributed by atoms with Crippen LogP contribution in [0.1, 0.15) is 6.92 Å². The van der Waals surface area contributed by atoms with Crippen molar-refractivity contribution in [3.63, 3.8) is 0 Å². The molecule has 0 heterocycles. The molecule has 5 nitrogen and oxygen atoms in total. The van der Waals surface area contributed by atoms with Crippen molar-refractivity contribution in [2.45, 2.75) is 11.8 Å². The maximum absolute atomic E-state index is 10.6. The number of sulfone groups is 1. The third kappa shape index (κ3) is 1.45. The molecular formula is C4H9NO4S. The normalized spacial score (nSPS) is 17.9. The van der Waals surface area contributed by atoms with Crippen molar-refractivity contribution >= 4 is 15.8 Å². The lowest BCUT2D eigenvalue weighted by Crippen LogP contribution is -2.51. The van der Waals surface area contributed by atoms with Crippen LogP contribution in [0.5, 0.6) is 0 Å². The molecule has 0 amide bonds. The Morgan fingerprint density at radius 1 is 1.60 bits per heavy atom. The minimum Gasteiger partial charge on any atom is -0.479 e. The number of aliphatic carboxylic acids is 1. The van der Waals surface area contributed by atoms with Gasteiger partial charge in [-0.05, 0) is 6.92 Å². The van der Waals surface area contributed by atoms with Crippen LogP contribution in [0.25, 0.3) is 0 Å². The van der Waals surface area contributed by atoms with E-state index in [1.54, 1.807) is 0 Å². The van der Waals surface area contributed by atoms with E-state index in [1.165, 1.54) is 0 Å². The van der Waals surface area contributed by atoms with Crippen LogP contribution in [0.15, 0.2) is 0 Å². The van der Waals surface area contributed by atoms with Crippen molar-refractivity contribution in [2.24, 2.45) is 5.73 Å². The van der Waals surface area contributed by atoms with E-state index in [0.29, 0.717) is 0 Å². The summed E-state index contributed by atoms with van der Waals surface area (Å²) in [5, 5.41) is 8.27. The third-order valence-corrected chi connectivity index (χ3v) is 2.91. The van der Waals surface area contributed by atoms with Gasteiger partial charge in [-0.25, -0.2) is 13.2 Å². The van der Waals surface area contributed by atoms with E-state index in [1.807, 2.05) is 0 Å². The maximum atomic E-state index is 10.6. The van der Waals surface area contributed by atoms with Crippen LogP contribution in [0.3, 0.4) is 0 Å². The van der Waals surface area contributed by atoms with Gasteiger partial charge in [0.15, 0.2) is 9.84 Å². The Kier molecular flexibility index (Phi) is 2.07. The summed E-state index contributed by atoms with van der Waals surface area (Å²) in [6.45, 7) is 0.935. The maximum Gasteiger partial charge on any atom is 0.339 e. The molecule has 10 heavy (non-hydrogen) atoms. The number of nitrogens with two attached hydrogens (primary N) is 1. The summed E-state index contributed by atoms with van der Waals surface area (Å²) in [6, 6.07) is 0. The number of rotatable bonds is 2. The molecule has 0 unspecified atom stereocenters. The van der Waals surface area contributed by atoms with Crippen LogP contribution >= 0.6 is 0 Å². The Labute approximate surface area is 58.8 Å². The lowest BCUT2D eigenvalue weighted by Gasteiger charge is -2.15. The molecule has 0 saturated carbocycles. The van der Waals surface area contributed by atoms with E-state index in [2.05, 4.69) is 0 Å². The smallest absolute Gasteiger partial charge is 0.339 e. The Bertz CT molecular complexity index is 240. The molecule has 0 aliphatic rings. The highest BCUT2D eigenvalue weighted by molar-refractivity contribution is 7.92. The number of carboxylic acids is 1. The van der Waals surface area contributed by atoms with Crippen molar-refractivity contribution < 1.29 is 18.3 Å². The van der Waals surface area contributed by atoms with Crippen molar-refractivity contribution in [2.75, 3.05) is 6.26 Å². The number of hydrogen-bond acceptors (Lipinski definition) is 4. The molecule has 3 N–H and O–H groups in total. The molecule has 0 saturated heterocycles. The summed E-state index contributed by atoms with van der Waals surface area (Å²) in [7, 11) is -3.72. The Morgan fingerprint density at radius 3 is 1.90 bits per heavy atom. The van der Waals surface area contributed by atoms with Gasteiger partial charge in [0.1, 0.15) is 0 Å². The summed E-state index contributed by atoms with van der Waals surface area (Å²) in [4.78, 5) is 7.99. The number of carbonyl (C=O) groups is 1. The average molecular weight is 167 g/mol. The number of carboxylic acid groups (broad SMARTS) is 1. The molecule has 0 aliphatic heterocycles. The molecule has 0 aromatic rings. The first-order valence-corrected chi connectivity index (χ1v) is 4.30. The molecule has 1 atom stereocenters. The van der Waals surface area contributed by atoms with E-state index >= 15 is 0 Å². The quantitative estimate of drug-likeness (QED) is 0.537. The van der Waals surface area contributed by atoms with Crippen molar-refractivity contribution in [3.8, 4) is 0 Å². The second kappa shape index (κ2) is 2.21. The molecule has 0 rings (SSSR count). The Morgan fingerprint density at radius 2 is 1.90 bits per heavy atom. The van der Waals surface area contributed by atoms with Gasteiger partial charge in [-0.2, -0.15) is 0 Å². The lowest BCUT2D eigenvalue weighted by atomic mass is 10.4. The highest BCUT2D eigenvalue weighted by Gasteiger charge is 2.39. The predicted octanol–water partition coefficient (Wildman–Crippen LogP) is -1.21. The highest BCUT2D eigenvalue weighted by Crippen LogP contribution is 2.07. The van der Waals surface area contributed by atoms with Crippen molar-refractivity contribution in [1.29, 1.82) is 0 Å². The summed E-state index contributed by atoms with van der Waals surface area (Å²) in [5.41, 5.74) is 4.95. The van der Waals surface area contributed by atoms with Crippen molar-refractivity contribution in [1.82, 2.24) is 0 Å². The number of hydrogen-bond donors (Lipinski definition) is 2. The van der Waals surface area contributed by atoms with E-state index in [0.717, 1.165) is 13.2 Å². The Hall–Kier alpha value is -0.620. The summed E-state index contributed by atoms with van der Waals surface area (Å²) >= 11 is 0. The highest BCUT2D eigenvalue weighted by atomic mass is 32.2. The van der Waals surface area contributed by atoms with Gasteiger partial charge in [0.05, 0.1) is 0 Å². The van der Waals surface area contributed by atoms with Gasteiger partial charge in [-0.15, -0.1) is 0 Å². The van der Waals surface area contributed by atoms with E-state index in [9.17, 15) is 13.2 Å².